The van der Waals surface area contributed by atoms with Crippen molar-refractivity contribution >= 4 is 17.9 Å². The number of hydrogen-bond donors (Lipinski definition) is 2. The summed E-state index contributed by atoms with van der Waals surface area (Å²) >= 11 is 1.31. The fourth-order valence-corrected chi connectivity index (χ4v) is 2.28. The number of hydrogen-bond acceptors (Lipinski definition) is 3. The molecule has 1 amide bonds. The molecular formula is C16H18FNO3S. The zero-order valence-corrected chi connectivity index (χ0v) is 12.9. The molecule has 1 aromatic carbocycles. The molecule has 0 saturated carbocycles. The van der Waals surface area contributed by atoms with Crippen molar-refractivity contribution in [3.63, 3.8) is 0 Å². The topological polar surface area (TPSA) is 58.6 Å². The quantitative estimate of drug-likeness (QED) is 0.413. The number of carboxylic acid groups (broad SMARTS) is 1. The fraction of sp³-hybridized carbons (Fsp3) is 0.312. The van der Waals surface area contributed by atoms with Crippen LogP contribution in [0.3, 0.4) is 0 Å². The van der Waals surface area contributed by atoms with E-state index in [1.165, 1.54) is 17.8 Å². The number of thioether (sulfide) groups is 1. The fourth-order valence-electron chi connectivity index (χ4n) is 1.48. The summed E-state index contributed by atoms with van der Waals surface area (Å²) in [6.45, 7) is 0.507. The van der Waals surface area contributed by atoms with E-state index in [0.717, 1.165) is 17.1 Å². The Morgan fingerprint density at radius 3 is 3.09 bits per heavy atom. The molecule has 0 unspecified atom stereocenters. The Bertz CT molecular complexity index is 555. The average Bonchev–Trinajstić information content (AvgIpc) is 2.50. The summed E-state index contributed by atoms with van der Waals surface area (Å²) in [5.74, 6) is 3.03. The van der Waals surface area contributed by atoms with Crippen LogP contribution in [0.15, 0.2) is 41.1 Å². The summed E-state index contributed by atoms with van der Waals surface area (Å²) in [7, 11) is 0. The summed E-state index contributed by atoms with van der Waals surface area (Å²) < 4.78 is 19.0. The molecular weight excluding hydrogens is 305 g/mol. The van der Waals surface area contributed by atoms with Gasteiger partial charge in [0.15, 0.2) is 0 Å². The highest BCUT2D eigenvalue weighted by Gasteiger charge is 2.01. The van der Waals surface area contributed by atoms with Gasteiger partial charge in [0.05, 0.1) is 6.61 Å². The van der Waals surface area contributed by atoms with Crippen molar-refractivity contribution in [2.75, 3.05) is 18.9 Å². The second-order valence-electron chi connectivity index (χ2n) is 4.26. The van der Waals surface area contributed by atoms with Crippen molar-refractivity contribution in [1.29, 1.82) is 0 Å². The van der Waals surface area contributed by atoms with E-state index in [9.17, 15) is 9.18 Å². The number of amides is 1. The van der Waals surface area contributed by atoms with Gasteiger partial charge in [-0.25, -0.2) is 9.18 Å². The van der Waals surface area contributed by atoms with Crippen LogP contribution in [-0.2, 0) is 0 Å². The minimum atomic E-state index is -1.17. The van der Waals surface area contributed by atoms with Crippen molar-refractivity contribution in [2.24, 2.45) is 0 Å². The van der Waals surface area contributed by atoms with E-state index in [1.807, 2.05) is 24.3 Å². The Balaban J connectivity index is 2.39. The van der Waals surface area contributed by atoms with Crippen LogP contribution in [-0.4, -0.2) is 30.1 Å². The Hall–Kier alpha value is -2.13. The van der Waals surface area contributed by atoms with E-state index in [1.54, 1.807) is 0 Å². The lowest BCUT2D eigenvalue weighted by atomic mass is 10.3. The molecule has 22 heavy (non-hydrogen) atoms. The monoisotopic (exact) mass is 323 g/mol. The van der Waals surface area contributed by atoms with Crippen molar-refractivity contribution in [2.45, 2.75) is 17.7 Å². The van der Waals surface area contributed by atoms with Gasteiger partial charge in [0.1, 0.15) is 11.6 Å². The minimum Gasteiger partial charge on any atom is -0.494 e. The number of unbranched alkanes of at least 4 members (excludes halogenated alkanes) is 1. The molecule has 0 fully saturated rings. The Morgan fingerprint density at radius 1 is 1.55 bits per heavy atom. The van der Waals surface area contributed by atoms with E-state index in [2.05, 4.69) is 11.2 Å². The molecule has 1 rings (SSSR count). The van der Waals surface area contributed by atoms with Gasteiger partial charge in [0.2, 0.25) is 0 Å². The zero-order valence-electron chi connectivity index (χ0n) is 12.0. The van der Waals surface area contributed by atoms with Gasteiger partial charge in [0, 0.05) is 23.6 Å². The second-order valence-corrected chi connectivity index (χ2v) is 5.31. The molecule has 0 bridgehead atoms. The third kappa shape index (κ3) is 8.22. The van der Waals surface area contributed by atoms with Crippen LogP contribution in [0.2, 0.25) is 0 Å². The number of benzene rings is 1. The van der Waals surface area contributed by atoms with Crippen molar-refractivity contribution in [3.8, 4) is 18.1 Å². The van der Waals surface area contributed by atoms with Gasteiger partial charge >= 0.3 is 6.09 Å². The standard InChI is InChI=1S/C16H18FNO3S/c1-2-3-4-10-21-14-6-5-7-15(11-14)22-12-13(17)8-9-18-16(19)20/h1,5-8,11,18H,3-4,9-10,12H2,(H,19,20)/b13-8-. The second kappa shape index (κ2) is 10.6. The highest BCUT2D eigenvalue weighted by molar-refractivity contribution is 7.99. The maximum atomic E-state index is 13.5. The van der Waals surface area contributed by atoms with E-state index in [-0.39, 0.29) is 18.1 Å². The van der Waals surface area contributed by atoms with E-state index in [4.69, 9.17) is 16.3 Å². The Kier molecular flexibility index (Phi) is 8.61. The predicted molar refractivity (Wildman–Crippen MR) is 85.9 cm³/mol. The molecule has 0 aliphatic heterocycles. The average molecular weight is 323 g/mol. The van der Waals surface area contributed by atoms with Crippen LogP contribution in [0.25, 0.3) is 0 Å². The van der Waals surface area contributed by atoms with Crippen molar-refractivity contribution in [3.05, 3.63) is 36.2 Å². The van der Waals surface area contributed by atoms with Crippen LogP contribution in [0.5, 0.6) is 5.75 Å². The third-order valence-corrected chi connectivity index (χ3v) is 3.50. The maximum Gasteiger partial charge on any atom is 0.404 e. The lowest BCUT2D eigenvalue weighted by Gasteiger charge is -2.07. The summed E-state index contributed by atoms with van der Waals surface area (Å²) in [6.07, 6.45) is 6.67. The molecule has 0 saturated heterocycles. The lowest BCUT2D eigenvalue weighted by Crippen LogP contribution is -2.20. The Labute approximate surface area is 133 Å². The van der Waals surface area contributed by atoms with Gasteiger partial charge < -0.3 is 15.2 Å². The van der Waals surface area contributed by atoms with Gasteiger partial charge in [-0.05, 0) is 30.7 Å². The summed E-state index contributed by atoms with van der Waals surface area (Å²) in [6, 6.07) is 7.38. The molecule has 0 radical (unpaired) electrons. The number of terminal acetylenes is 1. The molecule has 0 atom stereocenters. The third-order valence-electron chi connectivity index (χ3n) is 2.49. The first-order valence-corrected chi connectivity index (χ1v) is 7.71. The van der Waals surface area contributed by atoms with Crippen LogP contribution in [0.4, 0.5) is 9.18 Å². The summed E-state index contributed by atoms with van der Waals surface area (Å²) in [5, 5.41) is 10.5. The predicted octanol–water partition coefficient (Wildman–Crippen LogP) is 3.69. The molecule has 2 N–H and O–H groups in total. The van der Waals surface area contributed by atoms with Gasteiger partial charge in [-0.15, -0.1) is 24.1 Å². The molecule has 4 nitrogen and oxygen atoms in total. The first kappa shape index (κ1) is 17.9. The van der Waals surface area contributed by atoms with Gasteiger partial charge in [-0.3, -0.25) is 0 Å². The first-order valence-electron chi connectivity index (χ1n) is 6.72. The van der Waals surface area contributed by atoms with Crippen LogP contribution in [0.1, 0.15) is 12.8 Å². The molecule has 1 aromatic rings. The SMILES string of the molecule is C#CCCCOc1cccc(SC/C(F)=C/CNC(=O)O)c1. The molecule has 6 heteroatoms. The van der Waals surface area contributed by atoms with E-state index in [0.29, 0.717) is 13.0 Å². The molecule has 0 spiro atoms. The highest BCUT2D eigenvalue weighted by Crippen LogP contribution is 2.25. The molecule has 0 aliphatic rings. The lowest BCUT2D eigenvalue weighted by molar-refractivity contribution is 0.195. The van der Waals surface area contributed by atoms with E-state index >= 15 is 0 Å². The van der Waals surface area contributed by atoms with Crippen molar-refractivity contribution < 1.29 is 19.0 Å². The minimum absolute atomic E-state index is 0.0416. The Morgan fingerprint density at radius 2 is 2.36 bits per heavy atom. The maximum absolute atomic E-state index is 13.5. The first-order chi connectivity index (χ1) is 10.6. The molecule has 118 valence electrons. The van der Waals surface area contributed by atoms with Gasteiger partial charge in [0.25, 0.3) is 0 Å². The number of ether oxygens (including phenoxy) is 1. The molecule has 0 aliphatic carbocycles. The zero-order chi connectivity index (χ0) is 16.2. The van der Waals surface area contributed by atoms with Gasteiger partial charge in [-0.1, -0.05) is 6.07 Å². The van der Waals surface area contributed by atoms with Crippen LogP contribution in [0, 0.1) is 12.3 Å². The summed E-state index contributed by atoms with van der Waals surface area (Å²) in [5.41, 5.74) is 0. The molecule has 0 aromatic heterocycles. The number of halogens is 1. The van der Waals surface area contributed by atoms with Crippen molar-refractivity contribution in [1.82, 2.24) is 5.32 Å². The smallest absolute Gasteiger partial charge is 0.404 e. The highest BCUT2D eigenvalue weighted by atomic mass is 32.2. The van der Waals surface area contributed by atoms with E-state index < -0.39 is 6.09 Å². The largest absolute Gasteiger partial charge is 0.494 e. The number of rotatable bonds is 9. The van der Waals surface area contributed by atoms with Crippen LogP contribution < -0.4 is 10.1 Å². The number of nitrogens with one attached hydrogen (secondary N) is 1. The molecule has 0 heterocycles. The van der Waals surface area contributed by atoms with Gasteiger partial charge in [-0.2, -0.15) is 0 Å². The van der Waals surface area contributed by atoms with Crippen LogP contribution >= 0.6 is 11.8 Å². The number of carbonyl (C=O) groups is 1. The summed E-state index contributed by atoms with van der Waals surface area (Å²) in [4.78, 5) is 11.1. The normalized spacial score (nSPS) is 10.8.